The number of nitriles is 1. The van der Waals surface area contributed by atoms with Crippen LogP contribution in [0.25, 0.3) is 11.3 Å². The minimum Gasteiger partial charge on any atom is -0.298 e. The number of Topliss-reactive ketones (excluding diaryl/α,β-unsaturated/α-hetero) is 1. The monoisotopic (exact) mass is 425 g/mol. The molecule has 0 aliphatic heterocycles. The Morgan fingerprint density at radius 2 is 1.90 bits per heavy atom. The van der Waals surface area contributed by atoms with Gasteiger partial charge in [0.15, 0.2) is 5.78 Å². The Bertz CT molecular complexity index is 947. The number of rotatable bonds is 9. The van der Waals surface area contributed by atoms with Crippen molar-refractivity contribution >= 4 is 17.4 Å². The van der Waals surface area contributed by atoms with E-state index < -0.39 is 18.2 Å². The molecule has 0 bridgehead atoms. The number of aryl methyl sites for hydroxylation is 1. The van der Waals surface area contributed by atoms with Crippen molar-refractivity contribution in [1.29, 1.82) is 5.26 Å². The van der Waals surface area contributed by atoms with Crippen LogP contribution in [0.3, 0.4) is 0 Å². The second-order valence-corrected chi connectivity index (χ2v) is 6.94. The first kappa shape index (κ1) is 22.6. The molecule has 0 radical (unpaired) electrons. The Balaban J connectivity index is 2.32. The molecule has 0 atom stereocenters. The third kappa shape index (κ3) is 7.35. The third-order valence-electron chi connectivity index (χ3n) is 4.17. The molecule has 1 heterocycles. The van der Waals surface area contributed by atoms with Gasteiger partial charge in [-0.05, 0) is 25.0 Å². The fraction of sp³-hybridized carbons (Fsp3) is 0.400. The number of carbonyl (C=O) groups excluding carboxylic acids is 1. The number of carbonyl (C=O) groups is 1. The summed E-state index contributed by atoms with van der Waals surface area (Å²) in [4.78, 5) is 29.1. The van der Waals surface area contributed by atoms with Gasteiger partial charge >= 0.3 is 6.18 Å². The molecule has 1 aromatic heterocycles. The van der Waals surface area contributed by atoms with Gasteiger partial charge in [-0.2, -0.15) is 18.4 Å². The highest BCUT2D eigenvalue weighted by molar-refractivity contribution is 6.30. The van der Waals surface area contributed by atoms with Crippen molar-refractivity contribution in [3.05, 3.63) is 51.5 Å². The Hall–Kier alpha value is -2.66. The summed E-state index contributed by atoms with van der Waals surface area (Å²) in [6.45, 7) is -0.278. The summed E-state index contributed by atoms with van der Waals surface area (Å²) >= 11 is 5.86. The van der Waals surface area contributed by atoms with Gasteiger partial charge in [-0.25, -0.2) is 4.98 Å². The Morgan fingerprint density at radius 1 is 1.21 bits per heavy atom. The van der Waals surface area contributed by atoms with E-state index in [1.165, 1.54) is 6.07 Å². The minimum absolute atomic E-state index is 0.0956. The molecule has 9 heteroatoms. The summed E-state index contributed by atoms with van der Waals surface area (Å²) in [5, 5.41) is 9.04. The zero-order valence-electron chi connectivity index (χ0n) is 15.5. The van der Waals surface area contributed by atoms with Crippen LogP contribution in [0.1, 0.15) is 37.9 Å². The van der Waals surface area contributed by atoms with Crippen LogP contribution < -0.4 is 5.56 Å². The fourth-order valence-corrected chi connectivity index (χ4v) is 2.88. The van der Waals surface area contributed by atoms with Crippen LogP contribution >= 0.6 is 11.6 Å². The molecule has 2 aromatic rings. The molecule has 0 aliphatic rings. The molecule has 29 heavy (non-hydrogen) atoms. The zero-order valence-corrected chi connectivity index (χ0v) is 16.3. The summed E-state index contributed by atoms with van der Waals surface area (Å²) in [7, 11) is 0. The van der Waals surface area contributed by atoms with E-state index in [2.05, 4.69) is 4.98 Å². The number of nitrogens with zero attached hydrogens (tertiary/aromatic N) is 3. The molecule has 154 valence electrons. The SMILES string of the molecule is N#CCCCC(=O)Cn1c(CCCC(F)(F)F)nc(-c2ccc(Cl)cc2)cc1=O. The highest BCUT2D eigenvalue weighted by Gasteiger charge is 2.26. The number of benzene rings is 1. The molecule has 0 spiro atoms. The molecule has 0 amide bonds. The van der Waals surface area contributed by atoms with E-state index >= 15 is 0 Å². The highest BCUT2D eigenvalue weighted by atomic mass is 35.5. The van der Waals surface area contributed by atoms with Crippen LogP contribution in [-0.2, 0) is 17.8 Å². The Morgan fingerprint density at radius 3 is 2.52 bits per heavy atom. The van der Waals surface area contributed by atoms with Gasteiger partial charge < -0.3 is 0 Å². The maximum Gasteiger partial charge on any atom is 0.389 e. The lowest BCUT2D eigenvalue weighted by atomic mass is 10.1. The molecule has 2 rings (SSSR count). The van der Waals surface area contributed by atoms with Gasteiger partial charge in [0.2, 0.25) is 0 Å². The van der Waals surface area contributed by atoms with Gasteiger partial charge in [-0.3, -0.25) is 14.2 Å². The predicted octanol–water partition coefficient (Wildman–Crippen LogP) is 4.71. The molecule has 0 N–H and O–H groups in total. The van der Waals surface area contributed by atoms with Gasteiger partial charge in [-0.15, -0.1) is 0 Å². The molecule has 0 saturated heterocycles. The van der Waals surface area contributed by atoms with Crippen LogP contribution in [-0.4, -0.2) is 21.5 Å². The van der Waals surface area contributed by atoms with Crippen molar-refractivity contribution in [2.75, 3.05) is 0 Å². The van der Waals surface area contributed by atoms with Crippen molar-refractivity contribution in [3.8, 4) is 17.3 Å². The summed E-state index contributed by atoms with van der Waals surface area (Å²) in [5.74, 6) is -0.152. The second kappa shape index (κ2) is 10.2. The molecular weight excluding hydrogens is 407 g/mol. The van der Waals surface area contributed by atoms with E-state index in [4.69, 9.17) is 16.9 Å². The molecule has 1 aromatic carbocycles. The second-order valence-electron chi connectivity index (χ2n) is 6.51. The molecule has 5 nitrogen and oxygen atoms in total. The van der Waals surface area contributed by atoms with Gasteiger partial charge in [0.1, 0.15) is 5.82 Å². The van der Waals surface area contributed by atoms with Crippen LogP contribution in [0.5, 0.6) is 0 Å². The number of halogens is 4. The lowest BCUT2D eigenvalue weighted by Gasteiger charge is -2.14. The van der Waals surface area contributed by atoms with E-state index in [0.717, 1.165) is 4.57 Å². The standard InChI is InChI=1S/C20H19ClF3N3O2/c21-15-8-6-14(7-9-15)17-12-19(29)27(13-16(28)4-1-2-11-25)18(26-17)5-3-10-20(22,23)24/h6-9,12H,1-5,10,13H2. The maximum atomic E-state index is 12.6. The van der Waals surface area contributed by atoms with Crippen LogP contribution in [0.15, 0.2) is 35.1 Å². The summed E-state index contributed by atoms with van der Waals surface area (Å²) < 4.78 is 38.7. The quantitative estimate of drug-likeness (QED) is 0.545. The number of hydrogen-bond acceptors (Lipinski definition) is 4. The van der Waals surface area contributed by atoms with Gasteiger partial charge in [-0.1, -0.05) is 23.7 Å². The van der Waals surface area contributed by atoms with Crippen molar-refractivity contribution in [2.24, 2.45) is 0 Å². The van der Waals surface area contributed by atoms with Gasteiger partial charge in [0.25, 0.3) is 5.56 Å². The van der Waals surface area contributed by atoms with Crippen molar-refractivity contribution < 1.29 is 18.0 Å². The highest BCUT2D eigenvalue weighted by Crippen LogP contribution is 2.23. The normalized spacial score (nSPS) is 11.3. The zero-order chi connectivity index (χ0) is 21.4. The van der Waals surface area contributed by atoms with Crippen LogP contribution in [0.2, 0.25) is 5.02 Å². The van der Waals surface area contributed by atoms with Crippen LogP contribution in [0, 0.1) is 11.3 Å². The fourth-order valence-electron chi connectivity index (χ4n) is 2.75. The summed E-state index contributed by atoms with van der Waals surface area (Å²) in [5.41, 5.74) is 0.388. The smallest absolute Gasteiger partial charge is 0.298 e. The summed E-state index contributed by atoms with van der Waals surface area (Å²) in [6.07, 6.45) is -4.97. The van der Waals surface area contributed by atoms with E-state index in [9.17, 15) is 22.8 Å². The average Bonchev–Trinajstić information content (AvgIpc) is 2.64. The van der Waals surface area contributed by atoms with E-state index in [-0.39, 0.29) is 43.8 Å². The maximum absolute atomic E-state index is 12.6. The van der Waals surface area contributed by atoms with Crippen molar-refractivity contribution in [2.45, 2.75) is 51.2 Å². The number of unbranched alkanes of at least 4 members (excludes halogenated alkanes) is 1. The molecule has 0 saturated carbocycles. The molecular formula is C20H19ClF3N3O2. The van der Waals surface area contributed by atoms with Crippen molar-refractivity contribution in [3.63, 3.8) is 0 Å². The Labute approximate surface area is 170 Å². The number of ketones is 1. The molecule has 0 fully saturated rings. The first-order valence-corrected chi connectivity index (χ1v) is 9.39. The lowest BCUT2D eigenvalue weighted by Crippen LogP contribution is -2.28. The average molecular weight is 426 g/mol. The molecule has 0 unspecified atom stereocenters. The van der Waals surface area contributed by atoms with Gasteiger partial charge in [0, 0.05) is 42.3 Å². The van der Waals surface area contributed by atoms with Crippen molar-refractivity contribution in [1.82, 2.24) is 9.55 Å². The third-order valence-corrected chi connectivity index (χ3v) is 4.42. The largest absolute Gasteiger partial charge is 0.389 e. The van der Waals surface area contributed by atoms with E-state index in [1.54, 1.807) is 24.3 Å². The Kier molecular flexibility index (Phi) is 7.97. The lowest BCUT2D eigenvalue weighted by molar-refractivity contribution is -0.135. The first-order valence-electron chi connectivity index (χ1n) is 9.01. The number of hydrogen-bond donors (Lipinski definition) is 0. The van der Waals surface area contributed by atoms with E-state index in [1.807, 2.05) is 6.07 Å². The van der Waals surface area contributed by atoms with Crippen LogP contribution in [0.4, 0.5) is 13.2 Å². The van der Waals surface area contributed by atoms with E-state index in [0.29, 0.717) is 22.7 Å². The number of aromatic nitrogens is 2. The van der Waals surface area contributed by atoms with Gasteiger partial charge in [0.05, 0.1) is 18.3 Å². The number of alkyl halides is 3. The molecule has 0 aliphatic carbocycles. The first-order chi connectivity index (χ1) is 13.7. The minimum atomic E-state index is -4.31. The summed E-state index contributed by atoms with van der Waals surface area (Å²) in [6, 6.07) is 9.72. The topological polar surface area (TPSA) is 75.8 Å². The predicted molar refractivity (Wildman–Crippen MR) is 102 cm³/mol.